The zero-order chi connectivity index (χ0) is 12.7. The summed E-state index contributed by atoms with van der Waals surface area (Å²) >= 11 is 0. The maximum Gasteiger partial charge on any atom is 0.279 e. The van der Waals surface area contributed by atoms with Crippen LogP contribution >= 0.6 is 0 Å². The molecule has 1 heterocycles. The highest BCUT2D eigenvalue weighted by molar-refractivity contribution is 7.87. The monoisotopic (exact) mass is 267 g/mol. The average Bonchev–Trinajstić information content (AvgIpc) is 2.30. The lowest BCUT2D eigenvalue weighted by atomic mass is 10.3. The Labute approximate surface area is 103 Å². The predicted molar refractivity (Wildman–Crippen MR) is 64.0 cm³/mol. The maximum atomic E-state index is 11.8. The molecule has 1 aliphatic heterocycles. The fraction of sp³-hybridized carbons (Fsp3) is 1.00. The van der Waals surface area contributed by atoms with E-state index in [-0.39, 0.29) is 12.6 Å². The molecule has 0 bridgehead atoms. The first-order valence-electron chi connectivity index (χ1n) is 5.58. The number of ether oxygens (including phenoxy) is 2. The SMILES string of the molecule is COCCNS(=O)(=O)N(C)CC1CNCCO1. The Kier molecular flexibility index (Phi) is 6.31. The van der Waals surface area contributed by atoms with Crippen LogP contribution in [0.15, 0.2) is 0 Å². The van der Waals surface area contributed by atoms with Gasteiger partial charge in [0.25, 0.3) is 10.2 Å². The summed E-state index contributed by atoms with van der Waals surface area (Å²) in [5, 5.41) is 3.16. The number of likely N-dealkylation sites (N-methyl/N-ethyl adjacent to an activating group) is 1. The van der Waals surface area contributed by atoms with Crippen molar-refractivity contribution in [1.82, 2.24) is 14.3 Å². The fourth-order valence-electron chi connectivity index (χ4n) is 1.50. The summed E-state index contributed by atoms with van der Waals surface area (Å²) in [7, 11) is -0.374. The molecule has 0 aromatic rings. The Morgan fingerprint density at radius 2 is 2.35 bits per heavy atom. The summed E-state index contributed by atoms with van der Waals surface area (Å²) in [6.07, 6.45) is -0.0900. The molecule has 0 aliphatic carbocycles. The molecule has 1 fully saturated rings. The van der Waals surface area contributed by atoms with Crippen molar-refractivity contribution in [2.24, 2.45) is 0 Å². The van der Waals surface area contributed by atoms with E-state index in [1.165, 1.54) is 18.5 Å². The van der Waals surface area contributed by atoms with E-state index in [0.29, 0.717) is 26.3 Å². The van der Waals surface area contributed by atoms with E-state index >= 15 is 0 Å². The molecule has 0 aromatic carbocycles. The van der Waals surface area contributed by atoms with Crippen molar-refractivity contribution in [3.63, 3.8) is 0 Å². The number of nitrogens with one attached hydrogen (secondary N) is 2. The molecular weight excluding hydrogens is 246 g/mol. The van der Waals surface area contributed by atoms with Gasteiger partial charge in [0.1, 0.15) is 0 Å². The lowest BCUT2D eigenvalue weighted by molar-refractivity contribution is 0.0205. The first-order valence-corrected chi connectivity index (χ1v) is 7.02. The second kappa shape index (κ2) is 7.24. The van der Waals surface area contributed by atoms with Crippen molar-refractivity contribution in [2.45, 2.75) is 6.10 Å². The Bertz CT molecular complexity index is 303. The van der Waals surface area contributed by atoms with Crippen LogP contribution in [0.1, 0.15) is 0 Å². The molecule has 1 rings (SSSR count). The van der Waals surface area contributed by atoms with Crippen molar-refractivity contribution in [3.8, 4) is 0 Å². The summed E-state index contributed by atoms with van der Waals surface area (Å²) in [5.41, 5.74) is 0. The minimum absolute atomic E-state index is 0.0900. The van der Waals surface area contributed by atoms with Crippen molar-refractivity contribution >= 4 is 10.2 Å². The predicted octanol–water partition coefficient (Wildman–Crippen LogP) is -1.61. The highest BCUT2D eigenvalue weighted by atomic mass is 32.2. The summed E-state index contributed by atoms with van der Waals surface area (Å²) in [6.45, 7) is 3.09. The third kappa shape index (κ3) is 5.28. The molecular formula is C9H21N3O4S. The van der Waals surface area contributed by atoms with E-state index in [4.69, 9.17) is 9.47 Å². The lowest BCUT2D eigenvalue weighted by Crippen LogP contribution is -2.48. The number of hydrogen-bond donors (Lipinski definition) is 2. The van der Waals surface area contributed by atoms with Gasteiger partial charge in [0.05, 0.1) is 19.3 Å². The van der Waals surface area contributed by atoms with Gasteiger partial charge in [-0.3, -0.25) is 0 Å². The van der Waals surface area contributed by atoms with Gasteiger partial charge in [-0.1, -0.05) is 0 Å². The third-order valence-corrected chi connectivity index (χ3v) is 4.00. The van der Waals surface area contributed by atoms with Gasteiger partial charge >= 0.3 is 0 Å². The number of methoxy groups -OCH3 is 1. The van der Waals surface area contributed by atoms with Crippen molar-refractivity contribution < 1.29 is 17.9 Å². The minimum atomic E-state index is -3.44. The summed E-state index contributed by atoms with van der Waals surface area (Å²) in [6, 6.07) is 0. The van der Waals surface area contributed by atoms with Crippen LogP contribution in [0.3, 0.4) is 0 Å². The van der Waals surface area contributed by atoms with Crippen LogP contribution in [-0.2, 0) is 19.7 Å². The Morgan fingerprint density at radius 3 is 2.94 bits per heavy atom. The van der Waals surface area contributed by atoms with Gasteiger partial charge in [-0.2, -0.15) is 17.4 Å². The topological polar surface area (TPSA) is 79.9 Å². The Hall–Kier alpha value is -0.250. The van der Waals surface area contributed by atoms with E-state index in [9.17, 15) is 8.42 Å². The molecule has 0 amide bonds. The molecule has 0 aromatic heterocycles. The first kappa shape index (κ1) is 14.8. The molecule has 1 atom stereocenters. The minimum Gasteiger partial charge on any atom is -0.383 e. The fourth-order valence-corrected chi connectivity index (χ4v) is 2.43. The first-order chi connectivity index (χ1) is 8.06. The molecule has 0 radical (unpaired) electrons. The molecule has 1 aliphatic rings. The zero-order valence-electron chi connectivity index (χ0n) is 10.3. The van der Waals surface area contributed by atoms with Gasteiger partial charge in [0.2, 0.25) is 0 Å². The van der Waals surface area contributed by atoms with E-state index in [0.717, 1.165) is 6.54 Å². The van der Waals surface area contributed by atoms with Gasteiger partial charge in [0.15, 0.2) is 0 Å². The molecule has 0 spiro atoms. The Morgan fingerprint density at radius 1 is 1.59 bits per heavy atom. The standard InChI is InChI=1S/C9H21N3O4S/c1-12(8-9-7-10-3-6-16-9)17(13,14)11-4-5-15-2/h9-11H,3-8H2,1-2H3. The van der Waals surface area contributed by atoms with Gasteiger partial charge < -0.3 is 14.8 Å². The van der Waals surface area contributed by atoms with E-state index in [2.05, 4.69) is 10.0 Å². The van der Waals surface area contributed by atoms with Crippen LogP contribution in [0.5, 0.6) is 0 Å². The molecule has 8 heteroatoms. The van der Waals surface area contributed by atoms with Crippen LogP contribution in [0.25, 0.3) is 0 Å². The van der Waals surface area contributed by atoms with Gasteiger partial charge in [-0.05, 0) is 0 Å². The molecule has 1 unspecified atom stereocenters. The average molecular weight is 267 g/mol. The summed E-state index contributed by atoms with van der Waals surface area (Å²) in [5.74, 6) is 0. The van der Waals surface area contributed by atoms with Gasteiger partial charge in [-0.25, -0.2) is 0 Å². The molecule has 1 saturated heterocycles. The molecule has 102 valence electrons. The van der Waals surface area contributed by atoms with E-state index in [1.807, 2.05) is 0 Å². The molecule has 0 saturated carbocycles. The van der Waals surface area contributed by atoms with E-state index in [1.54, 1.807) is 0 Å². The molecule has 7 nitrogen and oxygen atoms in total. The highest BCUT2D eigenvalue weighted by Crippen LogP contribution is 2.01. The van der Waals surface area contributed by atoms with Crippen LogP contribution in [-0.4, -0.2) is 72.4 Å². The lowest BCUT2D eigenvalue weighted by Gasteiger charge is -2.27. The molecule has 17 heavy (non-hydrogen) atoms. The van der Waals surface area contributed by atoms with E-state index < -0.39 is 10.2 Å². The molecule has 2 N–H and O–H groups in total. The van der Waals surface area contributed by atoms with Crippen LogP contribution < -0.4 is 10.0 Å². The maximum absolute atomic E-state index is 11.8. The van der Waals surface area contributed by atoms with Crippen molar-refractivity contribution in [3.05, 3.63) is 0 Å². The quantitative estimate of drug-likeness (QED) is 0.542. The van der Waals surface area contributed by atoms with Gasteiger partial charge in [-0.15, -0.1) is 0 Å². The number of nitrogens with zero attached hydrogens (tertiary/aromatic N) is 1. The van der Waals surface area contributed by atoms with Crippen LogP contribution in [0.2, 0.25) is 0 Å². The van der Waals surface area contributed by atoms with Gasteiger partial charge in [0, 0.05) is 40.3 Å². The number of hydrogen-bond acceptors (Lipinski definition) is 5. The second-order valence-electron chi connectivity index (χ2n) is 3.87. The van der Waals surface area contributed by atoms with Crippen LogP contribution in [0, 0.1) is 0 Å². The normalized spacial score (nSPS) is 21.9. The summed E-state index contributed by atoms with van der Waals surface area (Å²) in [4.78, 5) is 0. The van der Waals surface area contributed by atoms with Crippen molar-refractivity contribution in [1.29, 1.82) is 0 Å². The van der Waals surface area contributed by atoms with Crippen LogP contribution in [0.4, 0.5) is 0 Å². The van der Waals surface area contributed by atoms with Crippen molar-refractivity contribution in [2.75, 3.05) is 53.6 Å². The smallest absolute Gasteiger partial charge is 0.279 e. The Balaban J connectivity index is 2.36. The zero-order valence-corrected chi connectivity index (χ0v) is 11.1. The number of rotatable bonds is 7. The highest BCUT2D eigenvalue weighted by Gasteiger charge is 2.22. The summed E-state index contributed by atoms with van der Waals surface area (Å²) < 4.78 is 37.5. The third-order valence-electron chi connectivity index (χ3n) is 2.47. The number of morpholine rings is 1. The second-order valence-corrected chi connectivity index (χ2v) is 5.73. The largest absolute Gasteiger partial charge is 0.383 e.